The molecule has 2 radical (unpaired) electrons. The Morgan fingerprint density at radius 2 is 2.20 bits per heavy atom. The lowest BCUT2D eigenvalue weighted by atomic mass is 10.5. The Labute approximate surface area is 31.5 Å². The molecule has 1 unspecified atom stereocenters. The van der Waals surface area contributed by atoms with Crippen LogP contribution in [0.1, 0.15) is 0 Å². The van der Waals surface area contributed by atoms with E-state index in [1.54, 1.807) is 0 Å². The molecule has 1 atom stereocenters. The van der Waals surface area contributed by atoms with Crippen LogP contribution in [-0.2, 0) is 0 Å². The predicted octanol–water partition coefficient (Wildman–Crippen LogP) is -0.474. The molecule has 0 rings (SSSR count). The molecule has 0 spiro atoms. The van der Waals surface area contributed by atoms with Gasteiger partial charge in [-0.3, -0.25) is 0 Å². The van der Waals surface area contributed by atoms with Crippen molar-refractivity contribution in [3.8, 4) is 0 Å². The minimum atomic E-state index is -0.852. The Kier molecular flexibility index (Phi) is 1.80. The van der Waals surface area contributed by atoms with Crippen molar-refractivity contribution in [1.29, 1.82) is 0 Å². The predicted molar refractivity (Wildman–Crippen MR) is 20.3 cm³/mol. The molecule has 2 heteroatoms. The molecule has 0 fully saturated rings. The Morgan fingerprint density at radius 3 is 2.20 bits per heavy atom. The summed E-state index contributed by atoms with van der Waals surface area (Å²) in [4.78, 5) is 0. The van der Waals surface area contributed by atoms with Gasteiger partial charge in [-0.1, -0.05) is 6.08 Å². The maximum absolute atomic E-state index is 8.02. The summed E-state index contributed by atoms with van der Waals surface area (Å²) in [5, 5.41) is 0. The van der Waals surface area contributed by atoms with Crippen LogP contribution in [0, 0.1) is 0 Å². The molecule has 0 aliphatic carbocycles. The van der Waals surface area contributed by atoms with Gasteiger partial charge in [0, 0.05) is 0 Å². The van der Waals surface area contributed by atoms with Gasteiger partial charge in [0.25, 0.3) is 0 Å². The average Bonchev–Trinajstić information content (AvgIpc) is 1.38. The van der Waals surface area contributed by atoms with E-state index in [0.717, 1.165) is 0 Å². The maximum Gasteiger partial charge on any atom is 0.108 e. The molecule has 0 bridgehead atoms. The van der Waals surface area contributed by atoms with Gasteiger partial charge in [-0.05, 0) is 0 Å². The zero-order valence-electron chi connectivity index (χ0n) is 2.89. The fraction of sp³-hybridized carbons (Fsp3) is 0.333. The van der Waals surface area contributed by atoms with Gasteiger partial charge in [0.05, 0.1) is 0 Å². The van der Waals surface area contributed by atoms with Crippen molar-refractivity contribution in [3.05, 3.63) is 12.7 Å². The molecule has 2 N–H and O–H groups in total. The highest BCUT2D eigenvalue weighted by molar-refractivity contribution is 4.74. The van der Waals surface area contributed by atoms with Gasteiger partial charge < -0.3 is 5.73 Å². The highest BCUT2D eigenvalue weighted by Gasteiger charge is 1.77. The third-order valence-electron chi connectivity index (χ3n) is 0.241. The zero-order chi connectivity index (χ0) is 4.28. The summed E-state index contributed by atoms with van der Waals surface area (Å²) in [5.41, 5.74) is 12.8. The second kappa shape index (κ2) is 1.93. The molecule has 0 saturated carbocycles. The van der Waals surface area contributed by atoms with Gasteiger partial charge >= 0.3 is 0 Å². The Morgan fingerprint density at radius 1 is 2.00 bits per heavy atom. The third kappa shape index (κ3) is 3.66. The summed E-state index contributed by atoms with van der Waals surface area (Å²) in [6.07, 6.45) is 0.398. The number of nitrogens with zero attached hydrogens (tertiary/aromatic N) is 1. The van der Waals surface area contributed by atoms with Crippen LogP contribution in [0.25, 0.3) is 0 Å². The quantitative estimate of drug-likeness (QED) is 0.416. The second-order valence-electron chi connectivity index (χ2n) is 0.726. The Hall–Kier alpha value is -0.340. The molecule has 0 aromatic heterocycles. The highest BCUT2D eigenvalue weighted by Crippen LogP contribution is 1.59. The van der Waals surface area contributed by atoms with E-state index in [2.05, 4.69) is 6.58 Å². The highest BCUT2D eigenvalue weighted by atomic mass is 14.8. The van der Waals surface area contributed by atoms with Gasteiger partial charge in [0.15, 0.2) is 0 Å². The van der Waals surface area contributed by atoms with E-state index < -0.39 is 6.17 Å². The third-order valence-corrected chi connectivity index (χ3v) is 0.241. The van der Waals surface area contributed by atoms with Crippen molar-refractivity contribution in [1.82, 2.24) is 5.73 Å². The van der Waals surface area contributed by atoms with Crippen LogP contribution >= 0.6 is 0 Å². The van der Waals surface area contributed by atoms with Gasteiger partial charge in [-0.25, -0.2) is 0 Å². The van der Waals surface area contributed by atoms with Crippen molar-refractivity contribution in [2.75, 3.05) is 0 Å². The fourth-order valence-electron chi connectivity index (χ4n) is 0. The van der Waals surface area contributed by atoms with Crippen LogP contribution in [0.3, 0.4) is 0 Å². The average molecular weight is 70.1 g/mol. The monoisotopic (exact) mass is 70.1 g/mol. The first kappa shape index (κ1) is 4.66. The second-order valence-corrected chi connectivity index (χ2v) is 0.726. The van der Waals surface area contributed by atoms with Crippen molar-refractivity contribution in [2.24, 2.45) is 5.73 Å². The normalized spacial score (nSPS) is 8.60. The first-order valence-electron chi connectivity index (χ1n) is 1.33. The topological polar surface area (TPSA) is 48.3 Å². The summed E-state index contributed by atoms with van der Waals surface area (Å²) in [7, 11) is 0. The lowest BCUT2D eigenvalue weighted by molar-refractivity contribution is 0.847. The number of hydrogen-bond donors (Lipinski definition) is 1. The smallest absolute Gasteiger partial charge is 0.108 e. The molecule has 0 amide bonds. The molecular weight excluding hydrogens is 64.0 g/mol. The Bertz CT molecular complexity index is 31.9. The largest absolute Gasteiger partial charge is 0.310 e. The van der Waals surface area contributed by atoms with E-state index >= 15 is 0 Å². The standard InChI is InChI=1S/C3H6N2/c1-2-3(4)5/h2-3H,1,4H2. The molecule has 0 aromatic carbocycles. The van der Waals surface area contributed by atoms with Crippen molar-refractivity contribution >= 4 is 0 Å². The van der Waals surface area contributed by atoms with Gasteiger partial charge in [0.2, 0.25) is 0 Å². The summed E-state index contributed by atoms with van der Waals surface area (Å²) in [6.45, 7) is 3.19. The minimum absolute atomic E-state index is 0.852. The Balaban J connectivity index is 2.83. The molecule has 28 valence electrons. The first-order valence-corrected chi connectivity index (χ1v) is 1.33. The van der Waals surface area contributed by atoms with Crippen LogP contribution in [-0.4, -0.2) is 6.17 Å². The van der Waals surface area contributed by atoms with Crippen LogP contribution in [0.15, 0.2) is 12.7 Å². The lowest BCUT2D eigenvalue weighted by Crippen LogP contribution is -2.16. The van der Waals surface area contributed by atoms with Gasteiger partial charge in [-0.2, -0.15) is 0 Å². The molecule has 5 heavy (non-hydrogen) atoms. The zero-order valence-corrected chi connectivity index (χ0v) is 2.89. The van der Waals surface area contributed by atoms with E-state index in [9.17, 15) is 0 Å². The van der Waals surface area contributed by atoms with Crippen LogP contribution in [0.2, 0.25) is 0 Å². The van der Waals surface area contributed by atoms with Gasteiger partial charge in [0.1, 0.15) is 6.17 Å². The van der Waals surface area contributed by atoms with E-state index in [1.165, 1.54) is 6.08 Å². The molecule has 0 heterocycles. The summed E-state index contributed by atoms with van der Waals surface area (Å²) < 4.78 is 0. The molecule has 0 aliphatic rings. The molecule has 2 nitrogen and oxygen atoms in total. The first-order chi connectivity index (χ1) is 2.27. The van der Waals surface area contributed by atoms with Crippen LogP contribution in [0.4, 0.5) is 0 Å². The molecule has 0 aromatic rings. The minimum Gasteiger partial charge on any atom is -0.310 e. The molecule has 0 aliphatic heterocycles. The number of nitrogens with two attached hydrogens (primary N) is 1. The molecule has 0 saturated heterocycles. The summed E-state index contributed by atoms with van der Waals surface area (Å²) in [6, 6.07) is 0. The van der Waals surface area contributed by atoms with Crippen LogP contribution in [0.5, 0.6) is 0 Å². The number of rotatable bonds is 1. The summed E-state index contributed by atoms with van der Waals surface area (Å²) >= 11 is 0. The van der Waals surface area contributed by atoms with E-state index in [0.29, 0.717) is 0 Å². The van der Waals surface area contributed by atoms with Crippen molar-refractivity contribution in [3.63, 3.8) is 0 Å². The van der Waals surface area contributed by atoms with Gasteiger partial charge in [-0.15, -0.1) is 12.3 Å². The maximum atomic E-state index is 8.02. The molecular formula is C3H6N2. The lowest BCUT2D eigenvalue weighted by Gasteiger charge is -1.82. The van der Waals surface area contributed by atoms with E-state index in [-0.39, 0.29) is 0 Å². The van der Waals surface area contributed by atoms with Crippen molar-refractivity contribution < 1.29 is 0 Å². The van der Waals surface area contributed by atoms with E-state index in [4.69, 9.17) is 11.5 Å². The van der Waals surface area contributed by atoms with E-state index in [1.807, 2.05) is 0 Å². The fourth-order valence-corrected chi connectivity index (χ4v) is 0. The summed E-state index contributed by atoms with van der Waals surface area (Å²) in [5.74, 6) is 0. The SMILES string of the molecule is C=CC([N])N. The van der Waals surface area contributed by atoms with Crippen LogP contribution < -0.4 is 11.5 Å². The van der Waals surface area contributed by atoms with Crippen molar-refractivity contribution in [2.45, 2.75) is 6.17 Å². The number of hydrogen-bond acceptors (Lipinski definition) is 1.